The first-order chi connectivity index (χ1) is 9.61. The molecule has 5 heteroatoms. The molecule has 1 aromatic rings. The third-order valence-corrected chi connectivity index (χ3v) is 4.78. The van der Waals surface area contributed by atoms with Crippen LogP contribution in [0.15, 0.2) is 18.2 Å². The fourth-order valence-corrected chi connectivity index (χ4v) is 4.16. The van der Waals surface area contributed by atoms with Crippen LogP contribution in [-0.4, -0.2) is 47.6 Å². The summed E-state index contributed by atoms with van der Waals surface area (Å²) in [5.41, 5.74) is 0.702. The molecule has 1 fully saturated rings. The Bertz CT molecular complexity index is 510. The number of nitrogens with zero attached hydrogens (tertiary/aromatic N) is 1. The number of rotatable bonds is 3. The number of hydrogen-bond donors (Lipinski definition) is 0. The van der Waals surface area contributed by atoms with E-state index in [1.807, 2.05) is 23.9 Å². The molecule has 2 aliphatic heterocycles. The number of benzene rings is 1. The molecule has 2 unspecified atom stereocenters. The molecule has 4 nitrogen and oxygen atoms in total. The van der Waals surface area contributed by atoms with Crippen molar-refractivity contribution in [3.8, 4) is 11.5 Å². The molecule has 0 radical (unpaired) electrons. The van der Waals surface area contributed by atoms with Crippen molar-refractivity contribution in [3.63, 3.8) is 0 Å². The summed E-state index contributed by atoms with van der Waals surface area (Å²) in [5.74, 6) is 1.54. The molecule has 3 rings (SSSR count). The molecule has 2 aliphatic rings. The van der Waals surface area contributed by atoms with Crippen molar-refractivity contribution in [2.24, 2.45) is 0 Å². The average Bonchev–Trinajstić information content (AvgIpc) is 2.84. The van der Waals surface area contributed by atoms with Gasteiger partial charge in [-0.2, -0.15) is 11.8 Å². The van der Waals surface area contributed by atoms with Crippen molar-refractivity contribution in [2.75, 3.05) is 26.4 Å². The van der Waals surface area contributed by atoms with Crippen LogP contribution in [-0.2, 0) is 0 Å². The van der Waals surface area contributed by atoms with Crippen LogP contribution in [0.4, 0.5) is 0 Å². The van der Waals surface area contributed by atoms with E-state index < -0.39 is 0 Å². The Balaban J connectivity index is 1.67. The first-order valence-corrected chi connectivity index (χ1v) is 7.87. The van der Waals surface area contributed by atoms with Crippen molar-refractivity contribution < 1.29 is 14.3 Å². The van der Waals surface area contributed by atoms with E-state index in [1.54, 1.807) is 6.07 Å². The molecule has 0 spiro atoms. The molecule has 1 aromatic carbocycles. The van der Waals surface area contributed by atoms with Gasteiger partial charge in [-0.15, -0.1) is 0 Å². The minimum atomic E-state index is 0.148. The summed E-state index contributed by atoms with van der Waals surface area (Å²) in [5, 5.41) is 1.17. The fraction of sp³-hybridized carbons (Fsp3) is 0.533. The molecular weight excluding hydrogens is 274 g/mol. The largest absolute Gasteiger partial charge is 0.454 e. The summed E-state index contributed by atoms with van der Waals surface area (Å²) in [6, 6.07) is 5.42. The van der Waals surface area contributed by atoms with Gasteiger partial charge >= 0.3 is 0 Å². The minimum absolute atomic E-state index is 0.148. The van der Waals surface area contributed by atoms with E-state index in [2.05, 4.69) is 18.7 Å². The smallest absolute Gasteiger partial charge is 0.231 e. The van der Waals surface area contributed by atoms with Gasteiger partial charge in [0.1, 0.15) is 0 Å². The number of fused-ring (bicyclic) bond motifs is 1. The van der Waals surface area contributed by atoms with Crippen molar-refractivity contribution in [3.05, 3.63) is 23.8 Å². The lowest BCUT2D eigenvalue weighted by atomic mass is 10.1. The van der Waals surface area contributed by atoms with Crippen molar-refractivity contribution in [1.29, 1.82) is 0 Å². The summed E-state index contributed by atoms with van der Waals surface area (Å²) < 4.78 is 10.6. The monoisotopic (exact) mass is 293 g/mol. The molecule has 0 aromatic heterocycles. The van der Waals surface area contributed by atoms with E-state index in [1.165, 1.54) is 0 Å². The van der Waals surface area contributed by atoms with Crippen LogP contribution in [0.3, 0.4) is 0 Å². The number of carbonyl (C=O) groups excluding carboxylic acids is 1. The Hall–Kier alpha value is -1.20. The molecule has 20 heavy (non-hydrogen) atoms. The first kappa shape index (κ1) is 13.8. The highest BCUT2D eigenvalue weighted by atomic mass is 32.2. The van der Waals surface area contributed by atoms with Gasteiger partial charge in [0.2, 0.25) is 6.79 Å². The Kier molecular flexibility index (Phi) is 3.89. The van der Waals surface area contributed by atoms with Crippen LogP contribution in [0.2, 0.25) is 0 Å². The Labute approximate surface area is 123 Å². The molecule has 0 amide bonds. The Morgan fingerprint density at radius 2 is 1.95 bits per heavy atom. The highest BCUT2D eigenvalue weighted by molar-refractivity contribution is 8.00. The number of ether oxygens (including phenoxy) is 2. The number of thioether (sulfide) groups is 1. The van der Waals surface area contributed by atoms with Gasteiger partial charge in [-0.05, 0) is 18.2 Å². The Morgan fingerprint density at radius 3 is 2.70 bits per heavy atom. The lowest BCUT2D eigenvalue weighted by Crippen LogP contribution is -2.42. The predicted molar refractivity (Wildman–Crippen MR) is 79.9 cm³/mol. The lowest BCUT2D eigenvalue weighted by Gasteiger charge is -2.34. The zero-order valence-electron chi connectivity index (χ0n) is 11.8. The zero-order valence-corrected chi connectivity index (χ0v) is 12.6. The number of ketones is 1. The van der Waals surface area contributed by atoms with Gasteiger partial charge in [0, 0.05) is 29.2 Å². The number of Topliss-reactive ketones (excluding diaryl/α,β-unsaturated/α-hetero) is 1. The number of carbonyl (C=O) groups is 1. The maximum atomic E-state index is 12.4. The maximum Gasteiger partial charge on any atom is 0.231 e. The molecule has 0 saturated carbocycles. The number of hydrogen-bond acceptors (Lipinski definition) is 5. The molecule has 108 valence electrons. The highest BCUT2D eigenvalue weighted by Gasteiger charge is 2.24. The molecule has 0 bridgehead atoms. The normalized spacial score (nSPS) is 25.7. The van der Waals surface area contributed by atoms with Crippen LogP contribution in [0.1, 0.15) is 24.2 Å². The van der Waals surface area contributed by atoms with E-state index in [0.29, 0.717) is 28.4 Å². The summed E-state index contributed by atoms with van der Waals surface area (Å²) in [7, 11) is 0. The summed E-state index contributed by atoms with van der Waals surface area (Å²) in [6.45, 7) is 7.12. The molecular formula is C15H19NO3S. The maximum absolute atomic E-state index is 12.4. The molecule has 2 atom stereocenters. The van der Waals surface area contributed by atoms with Crippen molar-refractivity contribution in [1.82, 2.24) is 4.90 Å². The zero-order chi connectivity index (χ0) is 14.1. The van der Waals surface area contributed by atoms with Gasteiger partial charge in [0.05, 0.1) is 6.54 Å². The van der Waals surface area contributed by atoms with Crippen molar-refractivity contribution >= 4 is 17.5 Å². The standard InChI is InChI=1S/C15H19NO3S/c1-10-6-16(7-11(2)20-10)8-13(17)12-3-4-14-15(5-12)19-9-18-14/h3-5,10-11H,6-9H2,1-2H3. The second kappa shape index (κ2) is 5.66. The average molecular weight is 293 g/mol. The third-order valence-electron chi connectivity index (χ3n) is 3.56. The highest BCUT2D eigenvalue weighted by Crippen LogP contribution is 2.32. The predicted octanol–water partition coefficient (Wildman–Crippen LogP) is 2.42. The second-order valence-electron chi connectivity index (χ2n) is 5.44. The van der Waals surface area contributed by atoms with Crippen molar-refractivity contribution in [2.45, 2.75) is 24.3 Å². The van der Waals surface area contributed by atoms with E-state index in [4.69, 9.17) is 9.47 Å². The third kappa shape index (κ3) is 2.94. The van der Waals surface area contributed by atoms with E-state index in [0.717, 1.165) is 18.8 Å². The van der Waals surface area contributed by atoms with Gasteiger partial charge in [-0.3, -0.25) is 9.69 Å². The molecule has 2 heterocycles. The first-order valence-electron chi connectivity index (χ1n) is 6.92. The Morgan fingerprint density at radius 1 is 1.25 bits per heavy atom. The van der Waals surface area contributed by atoms with E-state index >= 15 is 0 Å². The lowest BCUT2D eigenvalue weighted by molar-refractivity contribution is 0.0929. The molecule has 1 saturated heterocycles. The van der Waals surface area contributed by atoms with Crippen LogP contribution in [0, 0.1) is 0 Å². The van der Waals surface area contributed by atoms with Gasteiger partial charge in [0.25, 0.3) is 0 Å². The molecule has 0 N–H and O–H groups in total. The van der Waals surface area contributed by atoms with Crippen LogP contribution in [0.5, 0.6) is 11.5 Å². The fourth-order valence-electron chi connectivity index (χ4n) is 2.78. The van der Waals surface area contributed by atoms with E-state index in [-0.39, 0.29) is 12.6 Å². The molecule has 0 aliphatic carbocycles. The van der Waals surface area contributed by atoms with E-state index in [9.17, 15) is 4.79 Å². The summed E-state index contributed by atoms with van der Waals surface area (Å²) in [4.78, 5) is 14.6. The van der Waals surface area contributed by atoms with Crippen LogP contribution < -0.4 is 9.47 Å². The van der Waals surface area contributed by atoms with Crippen LogP contribution in [0.25, 0.3) is 0 Å². The van der Waals surface area contributed by atoms with Gasteiger partial charge < -0.3 is 9.47 Å². The van der Waals surface area contributed by atoms with Crippen LogP contribution >= 0.6 is 11.8 Å². The minimum Gasteiger partial charge on any atom is -0.454 e. The van der Waals surface area contributed by atoms with Gasteiger partial charge in [0.15, 0.2) is 17.3 Å². The van der Waals surface area contributed by atoms with Gasteiger partial charge in [-0.1, -0.05) is 13.8 Å². The summed E-state index contributed by atoms with van der Waals surface area (Å²) in [6.07, 6.45) is 0. The van der Waals surface area contributed by atoms with Gasteiger partial charge in [-0.25, -0.2) is 0 Å². The summed E-state index contributed by atoms with van der Waals surface area (Å²) >= 11 is 1.99. The topological polar surface area (TPSA) is 38.8 Å². The SMILES string of the molecule is CC1CN(CC(=O)c2ccc3c(c2)OCO3)CC(C)S1. The quantitative estimate of drug-likeness (QED) is 0.800. The second-order valence-corrected chi connectivity index (χ2v) is 7.32.